The quantitative estimate of drug-likeness (QED) is 0.383. The number of hydrogen-bond acceptors (Lipinski definition) is 7. The van der Waals surface area contributed by atoms with Crippen LogP contribution in [0.5, 0.6) is 5.75 Å². The predicted octanol–water partition coefficient (Wildman–Crippen LogP) is 3.35. The summed E-state index contributed by atoms with van der Waals surface area (Å²) in [4.78, 5) is 41.1. The number of carbonyl (C=O) groups excluding carboxylic acids is 1. The number of rotatable bonds is 6. The zero-order valence-electron chi connectivity index (χ0n) is 18.4. The van der Waals surface area contributed by atoms with Gasteiger partial charge in [-0.05, 0) is 12.1 Å². The number of furan rings is 1. The Labute approximate surface area is 201 Å². The van der Waals surface area contributed by atoms with Crippen molar-refractivity contribution < 1.29 is 35.9 Å². The number of aryl methyl sites for hydroxylation is 1. The summed E-state index contributed by atoms with van der Waals surface area (Å²) in [5.41, 5.74) is -1.03. The Morgan fingerprint density at radius 3 is 2.47 bits per heavy atom. The molecule has 1 N–H and O–H groups in total. The van der Waals surface area contributed by atoms with Gasteiger partial charge in [-0.2, -0.15) is 13.2 Å². The van der Waals surface area contributed by atoms with Gasteiger partial charge in [0.05, 0.1) is 18.4 Å². The molecule has 0 radical (unpaired) electrons. The van der Waals surface area contributed by atoms with Crippen molar-refractivity contribution in [2.45, 2.75) is 12.6 Å². The monoisotopic (exact) mass is 530 g/mol. The van der Waals surface area contributed by atoms with E-state index in [2.05, 4.69) is 15.0 Å². The van der Waals surface area contributed by atoms with Crippen LogP contribution < -0.4 is 21.3 Å². The number of halogens is 5. The highest BCUT2D eigenvalue weighted by atomic mass is 32.1. The van der Waals surface area contributed by atoms with E-state index in [1.54, 1.807) is 0 Å². The molecule has 0 atom stereocenters. The summed E-state index contributed by atoms with van der Waals surface area (Å²) in [5, 5.41) is 3.98. The molecule has 0 aliphatic rings. The molecule has 3 heterocycles. The molecule has 0 saturated heterocycles. The van der Waals surface area contributed by atoms with Crippen LogP contribution in [0.4, 0.5) is 27.1 Å². The van der Waals surface area contributed by atoms with E-state index in [0.29, 0.717) is 0 Å². The van der Waals surface area contributed by atoms with Crippen LogP contribution in [-0.2, 0) is 25.3 Å². The molecular formula is C21H15F5N4O5S. The number of aromatic nitrogens is 3. The minimum Gasteiger partial charge on any atom is -0.478 e. The third kappa shape index (κ3) is 4.86. The van der Waals surface area contributed by atoms with Crippen LogP contribution in [0.15, 0.2) is 37.8 Å². The summed E-state index contributed by atoms with van der Waals surface area (Å²) in [6.07, 6.45) is -3.89. The van der Waals surface area contributed by atoms with Gasteiger partial charge in [0.1, 0.15) is 5.39 Å². The predicted molar refractivity (Wildman–Crippen MR) is 118 cm³/mol. The maximum absolute atomic E-state index is 14.2. The third-order valence-corrected chi connectivity index (χ3v) is 5.78. The molecule has 0 bridgehead atoms. The number of fused-ring (bicyclic) bond motifs is 1. The van der Waals surface area contributed by atoms with E-state index in [1.165, 1.54) is 25.7 Å². The van der Waals surface area contributed by atoms with Crippen molar-refractivity contribution in [3.63, 3.8) is 0 Å². The lowest BCUT2D eigenvalue weighted by atomic mass is 10.1. The van der Waals surface area contributed by atoms with Gasteiger partial charge in [-0.15, -0.1) is 11.3 Å². The molecule has 0 aliphatic carbocycles. The molecular weight excluding hydrogens is 515 g/mol. The lowest BCUT2D eigenvalue weighted by Crippen LogP contribution is -2.36. The molecule has 1 aromatic carbocycles. The van der Waals surface area contributed by atoms with Crippen molar-refractivity contribution in [3.8, 4) is 17.0 Å². The largest absolute Gasteiger partial charge is 0.478 e. The number of hydrogen-bond donors (Lipinski definition) is 1. The normalized spacial score (nSPS) is 11.8. The fraction of sp³-hybridized carbons (Fsp3) is 0.238. The molecule has 0 saturated carbocycles. The summed E-state index contributed by atoms with van der Waals surface area (Å²) in [5.74, 6) is -4.47. The zero-order chi connectivity index (χ0) is 26.4. The minimum atomic E-state index is -4.77. The van der Waals surface area contributed by atoms with Crippen molar-refractivity contribution in [1.29, 1.82) is 0 Å². The zero-order valence-corrected chi connectivity index (χ0v) is 19.2. The fourth-order valence-electron chi connectivity index (χ4n) is 3.35. The first-order chi connectivity index (χ1) is 16.9. The Morgan fingerprint density at radius 1 is 1.17 bits per heavy atom. The van der Waals surface area contributed by atoms with Gasteiger partial charge >= 0.3 is 11.9 Å². The number of alkyl halides is 3. The number of amides is 1. The highest BCUT2D eigenvalue weighted by molar-refractivity contribution is 7.14. The van der Waals surface area contributed by atoms with E-state index in [9.17, 15) is 36.3 Å². The average molecular weight is 530 g/mol. The summed E-state index contributed by atoms with van der Waals surface area (Å²) >= 11 is 0.926. The maximum atomic E-state index is 14.2. The van der Waals surface area contributed by atoms with Crippen LogP contribution in [0.1, 0.15) is 5.56 Å². The van der Waals surface area contributed by atoms with Crippen molar-refractivity contribution in [1.82, 2.24) is 14.1 Å². The smallest absolute Gasteiger partial charge is 0.422 e. The summed E-state index contributed by atoms with van der Waals surface area (Å²) in [6.45, 7) is -1.86. The summed E-state index contributed by atoms with van der Waals surface area (Å²) < 4.78 is 76.6. The second-order valence-electron chi connectivity index (χ2n) is 7.58. The molecule has 9 nitrogen and oxygen atoms in total. The topological polar surface area (TPSA) is 108 Å². The third-order valence-electron chi connectivity index (χ3n) is 5.02. The first-order valence-corrected chi connectivity index (χ1v) is 10.8. The summed E-state index contributed by atoms with van der Waals surface area (Å²) in [6, 6.07) is 1.51. The Kier molecular flexibility index (Phi) is 6.43. The number of anilines is 1. The van der Waals surface area contributed by atoms with Crippen LogP contribution >= 0.6 is 11.3 Å². The maximum Gasteiger partial charge on any atom is 0.422 e. The molecule has 3 aromatic heterocycles. The fourth-order valence-corrected chi connectivity index (χ4v) is 4.09. The highest BCUT2D eigenvalue weighted by Gasteiger charge is 2.30. The van der Waals surface area contributed by atoms with Crippen molar-refractivity contribution in [3.05, 3.63) is 61.8 Å². The van der Waals surface area contributed by atoms with E-state index in [-0.39, 0.29) is 39.5 Å². The van der Waals surface area contributed by atoms with E-state index in [4.69, 9.17) is 4.42 Å². The average Bonchev–Trinajstić information content (AvgIpc) is 3.42. The van der Waals surface area contributed by atoms with Gasteiger partial charge in [0.25, 0.3) is 5.56 Å². The number of ether oxygens (including phenoxy) is 1. The number of nitrogens with one attached hydrogen (secondary N) is 1. The van der Waals surface area contributed by atoms with Gasteiger partial charge in [0.2, 0.25) is 11.6 Å². The lowest BCUT2D eigenvalue weighted by molar-refractivity contribution is -0.154. The van der Waals surface area contributed by atoms with Gasteiger partial charge in [-0.1, -0.05) is 0 Å². The van der Waals surface area contributed by atoms with Gasteiger partial charge < -0.3 is 14.5 Å². The SMILES string of the molecule is Cn1c(=O)c2c(CC(=O)Nc3nc(-c4cc(F)c(OCC(F)(F)F)c(F)c4)cs3)coc2n(C)c1=O. The van der Waals surface area contributed by atoms with E-state index in [1.807, 2.05) is 0 Å². The Balaban J connectivity index is 1.51. The van der Waals surface area contributed by atoms with E-state index < -0.39 is 47.3 Å². The van der Waals surface area contributed by atoms with Crippen LogP contribution in [0, 0.1) is 11.6 Å². The number of nitrogens with zero attached hydrogens (tertiary/aromatic N) is 3. The molecule has 1 amide bonds. The Hall–Kier alpha value is -4.01. The molecule has 36 heavy (non-hydrogen) atoms. The van der Waals surface area contributed by atoms with Crippen molar-refractivity contribution in [2.75, 3.05) is 11.9 Å². The number of thiazole rings is 1. The van der Waals surface area contributed by atoms with Gasteiger partial charge in [0, 0.05) is 30.6 Å². The first-order valence-electron chi connectivity index (χ1n) is 9.96. The van der Waals surface area contributed by atoms with Gasteiger partial charge in [-0.3, -0.25) is 18.7 Å². The minimum absolute atomic E-state index is 0.00847. The second kappa shape index (κ2) is 9.22. The Bertz CT molecular complexity index is 1580. The second-order valence-corrected chi connectivity index (χ2v) is 8.44. The van der Waals surface area contributed by atoms with Crippen LogP contribution in [0.25, 0.3) is 22.4 Å². The standard InChI is InChI=1S/C21H15F5N4O5S/c1-29-17(32)15-10(6-34-18(15)30(2)20(29)33)5-14(31)28-19-27-13(7-36-19)9-3-11(22)16(12(23)4-9)35-8-21(24,25)26/h3-4,6-7H,5,8H2,1-2H3,(H,27,28,31). The lowest BCUT2D eigenvalue weighted by Gasteiger charge is -2.11. The molecule has 15 heteroatoms. The van der Waals surface area contributed by atoms with Crippen LogP contribution in [0.2, 0.25) is 0 Å². The highest BCUT2D eigenvalue weighted by Crippen LogP contribution is 2.32. The van der Waals surface area contributed by atoms with Crippen LogP contribution in [0.3, 0.4) is 0 Å². The molecule has 0 fully saturated rings. The van der Waals surface area contributed by atoms with E-state index >= 15 is 0 Å². The molecule has 4 rings (SSSR count). The molecule has 0 spiro atoms. The Morgan fingerprint density at radius 2 is 1.83 bits per heavy atom. The van der Waals surface area contributed by atoms with Gasteiger partial charge in [-0.25, -0.2) is 18.6 Å². The summed E-state index contributed by atoms with van der Waals surface area (Å²) in [7, 11) is 2.70. The number of carbonyl (C=O) groups is 1. The van der Waals surface area contributed by atoms with Gasteiger partial charge in [0.15, 0.2) is 29.1 Å². The van der Waals surface area contributed by atoms with Crippen LogP contribution in [-0.4, -0.2) is 32.8 Å². The molecule has 190 valence electrons. The molecule has 4 aromatic rings. The van der Waals surface area contributed by atoms with Crippen molar-refractivity contribution in [2.24, 2.45) is 14.1 Å². The molecule has 0 unspecified atom stereocenters. The first kappa shape index (κ1) is 25.1. The van der Waals surface area contributed by atoms with Crippen molar-refractivity contribution >= 4 is 33.5 Å². The number of benzene rings is 1. The van der Waals surface area contributed by atoms with E-state index in [0.717, 1.165) is 32.6 Å². The molecule has 0 aliphatic heterocycles.